The largest absolute Gasteiger partial charge is 0.357 e. The Labute approximate surface area is 188 Å². The summed E-state index contributed by atoms with van der Waals surface area (Å²) in [6.07, 6.45) is 2.78. The number of hydrogen-bond donors (Lipinski definition) is 3. The van der Waals surface area contributed by atoms with Crippen LogP contribution in [0.15, 0.2) is 34.6 Å². The summed E-state index contributed by atoms with van der Waals surface area (Å²) in [7, 11) is 1.64. The van der Waals surface area contributed by atoms with Gasteiger partial charge in [0.05, 0.1) is 5.01 Å². The average molecular weight is 515 g/mol. The maximum atomic E-state index is 11.7. The molecule has 2 rings (SSSR count). The molecule has 0 atom stereocenters. The van der Waals surface area contributed by atoms with Gasteiger partial charge in [0.1, 0.15) is 0 Å². The van der Waals surface area contributed by atoms with E-state index < -0.39 is 0 Å². The number of aliphatic imine (C=N–C) groups is 1. The first-order valence-electron chi connectivity index (χ1n) is 9.36. The summed E-state index contributed by atoms with van der Waals surface area (Å²) in [6, 6.07) is 7.71. The van der Waals surface area contributed by atoms with E-state index in [1.807, 2.05) is 31.2 Å². The summed E-state index contributed by atoms with van der Waals surface area (Å²) in [5, 5.41) is 12.6. The number of nitrogens with zero attached hydrogens (tertiary/aromatic N) is 2. The van der Waals surface area contributed by atoms with Crippen molar-refractivity contribution in [2.24, 2.45) is 4.99 Å². The lowest BCUT2D eigenvalue weighted by Gasteiger charge is -2.11. The van der Waals surface area contributed by atoms with Crippen LogP contribution >= 0.6 is 35.3 Å². The van der Waals surface area contributed by atoms with Gasteiger partial charge in [0, 0.05) is 49.7 Å². The molecule has 0 aliphatic heterocycles. The van der Waals surface area contributed by atoms with Crippen LogP contribution < -0.4 is 16.0 Å². The number of nitrogens with one attached hydrogen (secondary N) is 3. The summed E-state index contributed by atoms with van der Waals surface area (Å²) < 4.78 is 0. The van der Waals surface area contributed by atoms with Crippen LogP contribution in [-0.4, -0.2) is 43.5 Å². The lowest BCUT2D eigenvalue weighted by Crippen LogP contribution is -2.38. The number of amides is 1. The maximum Gasteiger partial charge on any atom is 0.251 e. The van der Waals surface area contributed by atoms with Gasteiger partial charge in [0.2, 0.25) is 0 Å². The van der Waals surface area contributed by atoms with Crippen molar-refractivity contribution in [1.29, 1.82) is 0 Å². The molecule has 0 unspecified atom stereocenters. The van der Waals surface area contributed by atoms with Crippen LogP contribution in [-0.2, 0) is 12.8 Å². The van der Waals surface area contributed by atoms with Gasteiger partial charge in [-0.2, -0.15) is 0 Å². The van der Waals surface area contributed by atoms with E-state index in [-0.39, 0.29) is 29.9 Å². The molecular weight excluding hydrogens is 485 g/mol. The summed E-state index contributed by atoms with van der Waals surface area (Å²) in [6.45, 7) is 6.43. The second-order valence-corrected chi connectivity index (χ2v) is 7.15. The molecule has 8 heteroatoms. The molecule has 0 aliphatic carbocycles. The molecule has 0 saturated heterocycles. The predicted molar refractivity (Wildman–Crippen MR) is 128 cm³/mol. The van der Waals surface area contributed by atoms with E-state index in [1.54, 1.807) is 18.4 Å². The van der Waals surface area contributed by atoms with Crippen LogP contribution in [0.25, 0.3) is 0 Å². The van der Waals surface area contributed by atoms with E-state index in [2.05, 4.69) is 38.2 Å². The van der Waals surface area contributed by atoms with Gasteiger partial charge in [-0.05, 0) is 44.4 Å². The van der Waals surface area contributed by atoms with Crippen molar-refractivity contribution in [2.45, 2.75) is 33.1 Å². The number of aromatic nitrogens is 1. The molecule has 1 aromatic heterocycles. The second-order valence-electron chi connectivity index (χ2n) is 6.20. The van der Waals surface area contributed by atoms with E-state index in [4.69, 9.17) is 0 Å². The average Bonchev–Trinajstić information content (AvgIpc) is 3.10. The fourth-order valence-electron chi connectivity index (χ4n) is 2.62. The molecule has 1 heterocycles. The molecule has 0 fully saturated rings. The first-order chi connectivity index (χ1) is 13.1. The fraction of sp³-hybridized carbons (Fsp3) is 0.450. The number of aryl methyl sites for hydroxylation is 2. The van der Waals surface area contributed by atoms with E-state index >= 15 is 0 Å². The Hall–Kier alpha value is -1.68. The minimum absolute atomic E-state index is 0. The number of carbonyl (C=O) groups is 1. The Balaban J connectivity index is 0.00000392. The molecule has 0 radical (unpaired) electrons. The second kappa shape index (κ2) is 13.5. The molecule has 6 nitrogen and oxygen atoms in total. The van der Waals surface area contributed by atoms with Crippen molar-refractivity contribution in [2.75, 3.05) is 26.7 Å². The highest BCUT2D eigenvalue weighted by molar-refractivity contribution is 14.0. The number of guanidine groups is 1. The number of thiazole rings is 1. The molecule has 0 spiro atoms. The van der Waals surface area contributed by atoms with Crippen LogP contribution in [0.3, 0.4) is 0 Å². The van der Waals surface area contributed by atoms with Crippen LogP contribution in [0.1, 0.15) is 40.0 Å². The molecule has 28 heavy (non-hydrogen) atoms. The standard InChI is InChI=1S/C20H29N5OS.HI/c1-4-22-20(23-11-6-9-18-25-15(2)14-27-18)24-12-10-16-7-5-8-17(13-16)19(26)21-3;/h5,7-8,13-14H,4,6,9-12H2,1-3H3,(H,21,26)(H2,22,23,24);1H. The summed E-state index contributed by atoms with van der Waals surface area (Å²) in [5.41, 5.74) is 2.90. The van der Waals surface area contributed by atoms with Crippen molar-refractivity contribution < 1.29 is 4.79 Å². The molecule has 1 aromatic carbocycles. The molecular formula is C20H30IN5OS. The zero-order chi connectivity index (χ0) is 19.5. The Morgan fingerprint density at radius 3 is 2.75 bits per heavy atom. The number of rotatable bonds is 9. The van der Waals surface area contributed by atoms with E-state index in [1.165, 1.54) is 5.01 Å². The maximum absolute atomic E-state index is 11.7. The minimum Gasteiger partial charge on any atom is -0.357 e. The van der Waals surface area contributed by atoms with Crippen LogP contribution in [0, 0.1) is 6.92 Å². The van der Waals surface area contributed by atoms with E-state index in [0.717, 1.165) is 56.1 Å². The quantitative estimate of drug-likeness (QED) is 0.208. The van der Waals surface area contributed by atoms with Crippen molar-refractivity contribution in [3.63, 3.8) is 0 Å². The normalized spacial score (nSPS) is 10.9. The Kier molecular flexibility index (Phi) is 11.7. The first kappa shape index (κ1) is 24.4. The lowest BCUT2D eigenvalue weighted by molar-refractivity contribution is 0.0963. The highest BCUT2D eigenvalue weighted by Gasteiger charge is 2.04. The number of benzene rings is 1. The predicted octanol–water partition coefficient (Wildman–Crippen LogP) is 3.16. The highest BCUT2D eigenvalue weighted by Crippen LogP contribution is 2.10. The molecule has 2 aromatic rings. The number of carbonyl (C=O) groups excluding carboxylic acids is 1. The van der Waals surface area contributed by atoms with Crippen LogP contribution in [0.5, 0.6) is 0 Å². The SMILES string of the molecule is CCNC(=NCCCc1nc(C)cs1)NCCc1cccc(C(=O)NC)c1.I. The number of halogens is 1. The monoisotopic (exact) mass is 515 g/mol. The van der Waals surface area contributed by atoms with Gasteiger partial charge in [-0.3, -0.25) is 9.79 Å². The summed E-state index contributed by atoms with van der Waals surface area (Å²) in [5.74, 6) is 0.769. The van der Waals surface area contributed by atoms with Crippen molar-refractivity contribution in [3.05, 3.63) is 51.5 Å². The molecule has 0 aliphatic rings. The Morgan fingerprint density at radius 2 is 2.07 bits per heavy atom. The van der Waals surface area contributed by atoms with Gasteiger partial charge in [-0.15, -0.1) is 35.3 Å². The molecule has 3 N–H and O–H groups in total. The Morgan fingerprint density at radius 1 is 1.25 bits per heavy atom. The van der Waals surface area contributed by atoms with Crippen molar-refractivity contribution in [1.82, 2.24) is 20.9 Å². The summed E-state index contributed by atoms with van der Waals surface area (Å²) >= 11 is 1.72. The van der Waals surface area contributed by atoms with E-state index in [0.29, 0.717) is 5.56 Å². The van der Waals surface area contributed by atoms with Gasteiger partial charge in [-0.1, -0.05) is 12.1 Å². The van der Waals surface area contributed by atoms with Gasteiger partial charge in [-0.25, -0.2) is 4.98 Å². The first-order valence-corrected chi connectivity index (χ1v) is 10.2. The van der Waals surface area contributed by atoms with Gasteiger partial charge >= 0.3 is 0 Å². The van der Waals surface area contributed by atoms with E-state index in [9.17, 15) is 4.79 Å². The molecule has 1 amide bonds. The van der Waals surface area contributed by atoms with Crippen LogP contribution in [0.2, 0.25) is 0 Å². The van der Waals surface area contributed by atoms with Crippen molar-refractivity contribution in [3.8, 4) is 0 Å². The fourth-order valence-corrected chi connectivity index (χ4v) is 3.44. The molecule has 0 saturated carbocycles. The van der Waals surface area contributed by atoms with Gasteiger partial charge < -0.3 is 16.0 Å². The van der Waals surface area contributed by atoms with Crippen molar-refractivity contribution >= 4 is 47.2 Å². The Bertz CT molecular complexity index is 763. The lowest BCUT2D eigenvalue weighted by atomic mass is 10.1. The molecule has 154 valence electrons. The third-order valence-electron chi connectivity index (χ3n) is 3.95. The molecule has 0 bridgehead atoms. The minimum atomic E-state index is -0.0601. The van der Waals surface area contributed by atoms with Gasteiger partial charge in [0.15, 0.2) is 5.96 Å². The van der Waals surface area contributed by atoms with Crippen LogP contribution in [0.4, 0.5) is 0 Å². The topological polar surface area (TPSA) is 78.4 Å². The summed E-state index contributed by atoms with van der Waals surface area (Å²) in [4.78, 5) is 20.8. The third-order valence-corrected chi connectivity index (χ3v) is 4.98. The highest BCUT2D eigenvalue weighted by atomic mass is 127. The zero-order valence-corrected chi connectivity index (χ0v) is 19.9. The third kappa shape index (κ3) is 8.55. The van der Waals surface area contributed by atoms with Gasteiger partial charge in [0.25, 0.3) is 5.91 Å². The smallest absolute Gasteiger partial charge is 0.251 e. The zero-order valence-electron chi connectivity index (χ0n) is 16.7. The number of hydrogen-bond acceptors (Lipinski definition) is 4.